The first-order valence-electron chi connectivity index (χ1n) is 7.04. The monoisotopic (exact) mass is 291 g/mol. The van der Waals surface area contributed by atoms with Crippen LogP contribution in [0.4, 0.5) is 5.82 Å². The van der Waals surface area contributed by atoms with Gasteiger partial charge in [0.05, 0.1) is 5.56 Å². The molecule has 1 aromatic heterocycles. The molecule has 0 saturated carbocycles. The highest BCUT2D eigenvalue weighted by Crippen LogP contribution is 2.27. The standard InChI is InChI=1S/C15H21N3O3/c1-9(2)11-7-10(13(19)20)8-12(17-11)18-6-5-16-14(21)15(18,3)4/h7-9H,5-6H2,1-4H3,(H,16,21)(H,19,20). The summed E-state index contributed by atoms with van der Waals surface area (Å²) in [6, 6.07) is 3.13. The van der Waals surface area contributed by atoms with E-state index in [2.05, 4.69) is 10.3 Å². The third-order valence-corrected chi connectivity index (χ3v) is 3.80. The number of carbonyl (C=O) groups is 2. The van der Waals surface area contributed by atoms with Crippen molar-refractivity contribution in [3.05, 3.63) is 23.4 Å². The molecule has 1 fully saturated rings. The van der Waals surface area contributed by atoms with E-state index in [-0.39, 0.29) is 17.4 Å². The Morgan fingerprint density at radius 1 is 1.43 bits per heavy atom. The van der Waals surface area contributed by atoms with Crippen LogP contribution >= 0.6 is 0 Å². The minimum absolute atomic E-state index is 0.0811. The summed E-state index contributed by atoms with van der Waals surface area (Å²) in [7, 11) is 0. The zero-order valence-electron chi connectivity index (χ0n) is 12.8. The van der Waals surface area contributed by atoms with Crippen molar-refractivity contribution in [2.45, 2.75) is 39.2 Å². The summed E-state index contributed by atoms with van der Waals surface area (Å²) in [5.74, 6) is -0.412. The van der Waals surface area contributed by atoms with Gasteiger partial charge in [0.15, 0.2) is 0 Å². The number of carboxylic acid groups (broad SMARTS) is 1. The van der Waals surface area contributed by atoms with Crippen molar-refractivity contribution in [2.75, 3.05) is 18.0 Å². The molecule has 0 spiro atoms. The molecule has 6 nitrogen and oxygen atoms in total. The normalized spacial score (nSPS) is 17.8. The van der Waals surface area contributed by atoms with Crippen LogP contribution in [0.2, 0.25) is 0 Å². The molecular formula is C15H21N3O3. The predicted octanol–water partition coefficient (Wildman–Crippen LogP) is 1.62. The van der Waals surface area contributed by atoms with Gasteiger partial charge in [-0.1, -0.05) is 13.8 Å². The Kier molecular flexibility index (Phi) is 3.89. The summed E-state index contributed by atoms with van der Waals surface area (Å²) >= 11 is 0. The van der Waals surface area contributed by atoms with Gasteiger partial charge in [-0.2, -0.15) is 0 Å². The van der Waals surface area contributed by atoms with Crippen molar-refractivity contribution in [3.63, 3.8) is 0 Å². The largest absolute Gasteiger partial charge is 0.478 e. The van der Waals surface area contributed by atoms with Crippen LogP contribution in [0.3, 0.4) is 0 Å². The molecule has 1 aliphatic heterocycles. The molecule has 1 aliphatic rings. The minimum Gasteiger partial charge on any atom is -0.478 e. The maximum Gasteiger partial charge on any atom is 0.335 e. The van der Waals surface area contributed by atoms with Crippen molar-refractivity contribution in [1.82, 2.24) is 10.3 Å². The number of hydrogen-bond donors (Lipinski definition) is 2. The zero-order valence-corrected chi connectivity index (χ0v) is 12.8. The number of rotatable bonds is 3. The lowest BCUT2D eigenvalue weighted by molar-refractivity contribution is -0.126. The van der Waals surface area contributed by atoms with Gasteiger partial charge in [0.25, 0.3) is 0 Å². The lowest BCUT2D eigenvalue weighted by atomic mass is 9.98. The number of anilines is 1. The first kappa shape index (κ1) is 15.3. The Bertz CT molecular complexity index is 582. The predicted molar refractivity (Wildman–Crippen MR) is 79.7 cm³/mol. The molecule has 1 saturated heterocycles. The van der Waals surface area contributed by atoms with Crippen LogP contribution in [0.15, 0.2) is 12.1 Å². The van der Waals surface area contributed by atoms with Crippen LogP contribution in [0, 0.1) is 0 Å². The highest BCUT2D eigenvalue weighted by atomic mass is 16.4. The minimum atomic E-state index is -0.986. The van der Waals surface area contributed by atoms with E-state index in [9.17, 15) is 14.7 Å². The molecule has 0 atom stereocenters. The molecule has 2 N–H and O–H groups in total. The summed E-state index contributed by atoms with van der Waals surface area (Å²) in [6.45, 7) is 8.68. The highest BCUT2D eigenvalue weighted by Gasteiger charge is 2.38. The van der Waals surface area contributed by atoms with Gasteiger partial charge in [-0.25, -0.2) is 9.78 Å². The second kappa shape index (κ2) is 5.35. The van der Waals surface area contributed by atoms with Gasteiger partial charge >= 0.3 is 5.97 Å². The second-order valence-electron chi connectivity index (χ2n) is 6.07. The Balaban J connectivity index is 2.52. The number of aromatic carboxylic acids is 1. The molecule has 21 heavy (non-hydrogen) atoms. The van der Waals surface area contributed by atoms with Gasteiger partial charge in [-0.05, 0) is 31.9 Å². The van der Waals surface area contributed by atoms with E-state index in [1.54, 1.807) is 6.07 Å². The number of carbonyl (C=O) groups excluding carboxylic acids is 1. The quantitative estimate of drug-likeness (QED) is 0.884. The summed E-state index contributed by atoms with van der Waals surface area (Å²) in [6.07, 6.45) is 0. The molecule has 2 rings (SSSR count). The molecule has 1 amide bonds. The second-order valence-corrected chi connectivity index (χ2v) is 6.07. The molecule has 0 aromatic carbocycles. The van der Waals surface area contributed by atoms with Crippen LogP contribution in [0.1, 0.15) is 49.7 Å². The lowest BCUT2D eigenvalue weighted by Crippen LogP contribution is -2.62. The van der Waals surface area contributed by atoms with Crippen molar-refractivity contribution in [2.24, 2.45) is 0 Å². The molecule has 0 bridgehead atoms. The van der Waals surface area contributed by atoms with Crippen LogP contribution < -0.4 is 10.2 Å². The van der Waals surface area contributed by atoms with Crippen molar-refractivity contribution in [1.29, 1.82) is 0 Å². The number of carboxylic acids is 1. The number of aromatic nitrogens is 1. The van der Waals surface area contributed by atoms with Gasteiger partial charge in [0, 0.05) is 18.8 Å². The molecule has 0 unspecified atom stereocenters. The van der Waals surface area contributed by atoms with Crippen LogP contribution in [0.5, 0.6) is 0 Å². The number of amides is 1. The Labute approximate surface area is 124 Å². The first-order chi connectivity index (χ1) is 9.73. The molecule has 114 valence electrons. The summed E-state index contributed by atoms with van der Waals surface area (Å²) in [5.41, 5.74) is 0.161. The number of pyridine rings is 1. The lowest BCUT2D eigenvalue weighted by Gasteiger charge is -2.42. The smallest absolute Gasteiger partial charge is 0.335 e. The van der Waals surface area contributed by atoms with E-state index < -0.39 is 11.5 Å². The fourth-order valence-electron chi connectivity index (χ4n) is 2.39. The topological polar surface area (TPSA) is 82.5 Å². The fraction of sp³-hybridized carbons (Fsp3) is 0.533. The fourth-order valence-corrected chi connectivity index (χ4v) is 2.39. The Hall–Kier alpha value is -2.11. The third-order valence-electron chi connectivity index (χ3n) is 3.80. The van der Waals surface area contributed by atoms with Gasteiger partial charge in [0.2, 0.25) is 5.91 Å². The zero-order chi connectivity index (χ0) is 15.8. The third kappa shape index (κ3) is 2.84. The van der Waals surface area contributed by atoms with E-state index in [1.807, 2.05) is 32.6 Å². The van der Waals surface area contributed by atoms with E-state index in [0.717, 1.165) is 0 Å². The van der Waals surface area contributed by atoms with Gasteiger partial charge in [-0.15, -0.1) is 0 Å². The average Bonchev–Trinajstić information content (AvgIpc) is 2.41. The molecule has 1 aromatic rings. The van der Waals surface area contributed by atoms with Crippen LogP contribution in [-0.4, -0.2) is 40.6 Å². The summed E-state index contributed by atoms with van der Waals surface area (Å²) in [5, 5.41) is 12.1. The van der Waals surface area contributed by atoms with Crippen molar-refractivity contribution >= 4 is 17.7 Å². The van der Waals surface area contributed by atoms with Crippen LogP contribution in [0.25, 0.3) is 0 Å². The van der Waals surface area contributed by atoms with Gasteiger partial charge in [-0.3, -0.25) is 4.79 Å². The van der Waals surface area contributed by atoms with Crippen molar-refractivity contribution < 1.29 is 14.7 Å². The van der Waals surface area contributed by atoms with E-state index >= 15 is 0 Å². The van der Waals surface area contributed by atoms with Gasteiger partial charge in [0.1, 0.15) is 11.4 Å². The molecule has 2 heterocycles. The van der Waals surface area contributed by atoms with Crippen molar-refractivity contribution in [3.8, 4) is 0 Å². The highest BCUT2D eigenvalue weighted by molar-refractivity contribution is 5.92. The molecule has 0 aliphatic carbocycles. The Morgan fingerprint density at radius 3 is 2.67 bits per heavy atom. The maximum absolute atomic E-state index is 12.0. The molecular weight excluding hydrogens is 270 g/mol. The molecule has 0 radical (unpaired) electrons. The maximum atomic E-state index is 12.0. The van der Waals surface area contributed by atoms with E-state index in [1.165, 1.54) is 6.07 Å². The molecule has 6 heteroatoms. The Morgan fingerprint density at radius 2 is 2.10 bits per heavy atom. The number of hydrogen-bond acceptors (Lipinski definition) is 4. The van der Waals surface area contributed by atoms with Crippen LogP contribution in [-0.2, 0) is 4.79 Å². The summed E-state index contributed by atoms with van der Waals surface area (Å²) < 4.78 is 0. The SMILES string of the molecule is CC(C)c1cc(C(=O)O)cc(N2CCNC(=O)C2(C)C)n1. The van der Waals surface area contributed by atoms with Gasteiger partial charge < -0.3 is 15.3 Å². The first-order valence-corrected chi connectivity index (χ1v) is 7.04. The summed E-state index contributed by atoms with van der Waals surface area (Å²) in [4.78, 5) is 29.8. The van der Waals surface area contributed by atoms with E-state index in [4.69, 9.17) is 0 Å². The average molecular weight is 291 g/mol. The number of nitrogens with one attached hydrogen (secondary N) is 1. The van der Waals surface area contributed by atoms with E-state index in [0.29, 0.717) is 24.6 Å². The number of piperazine rings is 1. The number of nitrogens with zero attached hydrogens (tertiary/aromatic N) is 2.